The Hall–Kier alpha value is 0.700. The van der Waals surface area contributed by atoms with Crippen molar-refractivity contribution in [3.8, 4) is 0 Å². The van der Waals surface area contributed by atoms with Gasteiger partial charge in [0.1, 0.15) is 0 Å². The van der Waals surface area contributed by atoms with E-state index in [1.165, 1.54) is 12.8 Å². The molecule has 8 bridgehead atoms. The van der Waals surface area contributed by atoms with Crippen molar-refractivity contribution in [2.75, 3.05) is 11.5 Å². The molecule has 0 aromatic carbocycles. The minimum absolute atomic E-state index is 0.745. The third-order valence-electron chi connectivity index (χ3n) is 8.77. The highest BCUT2D eigenvalue weighted by Crippen LogP contribution is 2.81. The molecule has 0 aromatic rings. The van der Waals surface area contributed by atoms with Gasteiger partial charge in [-0.1, -0.05) is 0 Å². The Morgan fingerprint density at radius 2 is 1.00 bits per heavy atom. The van der Waals surface area contributed by atoms with E-state index in [-0.39, 0.29) is 0 Å². The summed E-state index contributed by atoms with van der Waals surface area (Å²) in [6, 6.07) is 0. The molecule has 0 aromatic heterocycles. The van der Waals surface area contributed by atoms with Gasteiger partial charge in [0, 0.05) is 0 Å². The molecule has 7 rings (SSSR count). The molecule has 7 fully saturated rings. The predicted octanol–water partition coefficient (Wildman–Crippen LogP) is 4.70. The summed E-state index contributed by atoms with van der Waals surface area (Å²) in [4.78, 5) is 0. The first-order valence-electron chi connectivity index (χ1n) is 8.95. The monoisotopic (exact) mass is 308 g/mol. The second kappa shape index (κ2) is 4.16. The maximum Gasteiger partial charge on any atom is -0.00924 e. The summed E-state index contributed by atoms with van der Waals surface area (Å²) in [6.45, 7) is 0. The fraction of sp³-hybridized carbons (Fsp3) is 1.00. The van der Waals surface area contributed by atoms with Crippen LogP contribution in [0.2, 0.25) is 0 Å². The van der Waals surface area contributed by atoms with Gasteiger partial charge in [-0.25, -0.2) is 0 Å². The Morgan fingerprint density at radius 3 is 1.30 bits per heavy atom. The van der Waals surface area contributed by atoms with Gasteiger partial charge >= 0.3 is 0 Å². The molecule has 0 heterocycles. The van der Waals surface area contributed by atoms with Gasteiger partial charge < -0.3 is 0 Å². The maximum atomic E-state index is 4.66. The maximum absolute atomic E-state index is 4.66. The zero-order valence-corrected chi connectivity index (χ0v) is 14.2. The summed E-state index contributed by atoms with van der Waals surface area (Å²) in [5.74, 6) is 8.76. The Bertz CT molecular complexity index is 367. The van der Waals surface area contributed by atoms with E-state index in [2.05, 4.69) is 25.3 Å². The van der Waals surface area contributed by atoms with Gasteiger partial charge in [-0.05, 0) is 109 Å². The van der Waals surface area contributed by atoms with Crippen molar-refractivity contribution in [2.24, 2.45) is 46.3 Å². The lowest BCUT2D eigenvalue weighted by atomic mass is 9.26. The van der Waals surface area contributed by atoms with Crippen molar-refractivity contribution in [1.29, 1.82) is 0 Å². The number of rotatable bonds is 4. The van der Waals surface area contributed by atoms with Crippen LogP contribution in [0.1, 0.15) is 51.4 Å². The summed E-state index contributed by atoms with van der Waals surface area (Å²) < 4.78 is 0. The van der Waals surface area contributed by atoms with Crippen LogP contribution in [-0.2, 0) is 0 Å². The van der Waals surface area contributed by atoms with Crippen LogP contribution in [-0.4, -0.2) is 11.5 Å². The Morgan fingerprint density at radius 1 is 0.650 bits per heavy atom. The summed E-state index contributed by atoms with van der Waals surface area (Å²) in [5.41, 5.74) is 1.49. The van der Waals surface area contributed by atoms with Crippen LogP contribution in [0, 0.1) is 46.3 Å². The number of hydrogen-bond acceptors (Lipinski definition) is 2. The summed E-state index contributed by atoms with van der Waals surface area (Å²) in [7, 11) is 0. The molecule has 0 amide bonds. The highest BCUT2D eigenvalue weighted by Gasteiger charge is 2.73. The molecule has 0 saturated heterocycles. The first-order chi connectivity index (χ1) is 9.73. The molecule has 2 heteroatoms. The van der Waals surface area contributed by atoms with Crippen LogP contribution in [0.15, 0.2) is 0 Å². The molecule has 112 valence electrons. The highest BCUT2D eigenvalue weighted by atomic mass is 32.1. The van der Waals surface area contributed by atoms with Crippen molar-refractivity contribution >= 4 is 25.3 Å². The van der Waals surface area contributed by atoms with Crippen molar-refractivity contribution < 1.29 is 0 Å². The molecule has 0 radical (unpaired) electrons. The number of thiol groups is 2. The molecule has 4 unspecified atom stereocenters. The molecule has 0 N–H and O–H groups in total. The smallest absolute Gasteiger partial charge is 0.00924 e. The minimum atomic E-state index is 0.745. The van der Waals surface area contributed by atoms with Gasteiger partial charge in [-0.15, -0.1) is 0 Å². The van der Waals surface area contributed by atoms with Crippen molar-refractivity contribution in [1.82, 2.24) is 0 Å². The Balaban J connectivity index is 1.64. The standard InChI is InChI=1S/C18H28S2/c19-3-1-17-9-11-7-15-13(17)5-12-6-14(17)16(8-11)18(15,10-12)2-4-20/h11-16,19-20H,1-10H2. The Kier molecular flexibility index (Phi) is 2.74. The molecule has 7 aliphatic carbocycles. The van der Waals surface area contributed by atoms with Gasteiger partial charge in [0.2, 0.25) is 0 Å². The zero-order chi connectivity index (χ0) is 13.5. The second-order valence-electron chi connectivity index (χ2n) is 8.92. The highest BCUT2D eigenvalue weighted by molar-refractivity contribution is 7.80. The average molecular weight is 309 g/mol. The first kappa shape index (κ1) is 13.2. The fourth-order valence-corrected chi connectivity index (χ4v) is 9.59. The largest absolute Gasteiger partial charge is 0.179 e. The SMILES string of the molecule is SCCC12CC3CC4C1CC1CC2C(C3)C4(CCS)C1. The lowest BCUT2D eigenvalue weighted by molar-refractivity contribution is -0.299. The van der Waals surface area contributed by atoms with E-state index >= 15 is 0 Å². The van der Waals surface area contributed by atoms with E-state index in [1.807, 2.05) is 0 Å². The predicted molar refractivity (Wildman–Crippen MR) is 90.4 cm³/mol. The van der Waals surface area contributed by atoms with Crippen LogP contribution in [0.25, 0.3) is 0 Å². The van der Waals surface area contributed by atoms with Crippen LogP contribution in [0.3, 0.4) is 0 Å². The molecule has 4 atom stereocenters. The molecular formula is C18H28S2. The molecule has 0 spiro atoms. The van der Waals surface area contributed by atoms with E-state index in [0.29, 0.717) is 0 Å². The topological polar surface area (TPSA) is 0 Å². The van der Waals surface area contributed by atoms with Gasteiger partial charge in [-0.3, -0.25) is 0 Å². The normalized spacial score (nSPS) is 61.5. The number of hydrogen-bond donors (Lipinski definition) is 2. The van der Waals surface area contributed by atoms with Crippen LogP contribution < -0.4 is 0 Å². The van der Waals surface area contributed by atoms with Gasteiger partial charge in [0.25, 0.3) is 0 Å². The van der Waals surface area contributed by atoms with Crippen molar-refractivity contribution in [2.45, 2.75) is 51.4 Å². The zero-order valence-electron chi connectivity index (χ0n) is 12.4. The van der Waals surface area contributed by atoms with E-state index in [1.54, 1.807) is 38.5 Å². The van der Waals surface area contributed by atoms with E-state index in [0.717, 1.165) is 57.8 Å². The third-order valence-corrected chi connectivity index (χ3v) is 9.21. The third kappa shape index (κ3) is 1.32. The van der Waals surface area contributed by atoms with Crippen molar-refractivity contribution in [3.63, 3.8) is 0 Å². The first-order valence-corrected chi connectivity index (χ1v) is 10.2. The molecule has 7 aliphatic rings. The van der Waals surface area contributed by atoms with Gasteiger partial charge in [0.05, 0.1) is 0 Å². The van der Waals surface area contributed by atoms with E-state index < -0.39 is 0 Å². The minimum Gasteiger partial charge on any atom is -0.179 e. The van der Waals surface area contributed by atoms with E-state index in [4.69, 9.17) is 0 Å². The molecule has 0 nitrogen and oxygen atoms in total. The van der Waals surface area contributed by atoms with Crippen LogP contribution in [0.5, 0.6) is 0 Å². The van der Waals surface area contributed by atoms with Gasteiger partial charge in [-0.2, -0.15) is 25.3 Å². The van der Waals surface area contributed by atoms with Gasteiger partial charge in [0.15, 0.2) is 0 Å². The lowest BCUT2D eigenvalue weighted by Crippen LogP contribution is -2.72. The summed E-state index contributed by atoms with van der Waals surface area (Å²) >= 11 is 9.33. The van der Waals surface area contributed by atoms with Crippen LogP contribution >= 0.6 is 25.3 Å². The average Bonchev–Trinajstić information content (AvgIpc) is 2.45. The van der Waals surface area contributed by atoms with Crippen molar-refractivity contribution in [3.05, 3.63) is 0 Å². The summed E-state index contributed by atoms with van der Waals surface area (Å²) in [6.07, 6.45) is 12.4. The van der Waals surface area contributed by atoms with E-state index in [9.17, 15) is 0 Å². The quantitative estimate of drug-likeness (QED) is 0.691. The molecule has 7 saturated carbocycles. The van der Waals surface area contributed by atoms with Crippen LogP contribution in [0.4, 0.5) is 0 Å². The summed E-state index contributed by atoms with van der Waals surface area (Å²) in [5, 5.41) is 0. The molecular weight excluding hydrogens is 280 g/mol. The molecule has 20 heavy (non-hydrogen) atoms. The fourth-order valence-electron chi connectivity index (χ4n) is 8.75. The lowest BCUT2D eigenvalue weighted by Gasteiger charge is -2.79. The molecule has 0 aliphatic heterocycles. The second-order valence-corrected chi connectivity index (χ2v) is 9.82. The Labute approximate surface area is 134 Å².